The van der Waals surface area contributed by atoms with Crippen LogP contribution in [0, 0.1) is 0 Å². The van der Waals surface area contributed by atoms with Crippen molar-refractivity contribution in [2.75, 3.05) is 6.54 Å². The zero-order valence-electron chi connectivity index (χ0n) is 9.37. The first-order valence-corrected chi connectivity index (χ1v) is 7.42. The minimum atomic E-state index is 0.0665. The van der Waals surface area contributed by atoms with E-state index in [1.54, 1.807) is 17.6 Å². The molecule has 2 aromatic rings. The van der Waals surface area contributed by atoms with Gasteiger partial charge in [-0.05, 0) is 47.1 Å². The van der Waals surface area contributed by atoms with Gasteiger partial charge in [-0.2, -0.15) is 0 Å². The second-order valence-electron chi connectivity index (χ2n) is 3.66. The summed E-state index contributed by atoms with van der Waals surface area (Å²) in [5, 5.41) is 3.47. The molecule has 1 atom stereocenters. The topological polar surface area (TPSA) is 25.2 Å². The van der Waals surface area contributed by atoms with Crippen LogP contribution in [0.1, 0.15) is 30.0 Å². The Bertz CT molecular complexity index is 482. The summed E-state index contributed by atoms with van der Waals surface area (Å²) in [6, 6.07) is 5.93. The molecule has 5 heteroatoms. The molecule has 0 bridgehead atoms. The van der Waals surface area contributed by atoms with Crippen LogP contribution in [0.4, 0.5) is 0 Å². The summed E-state index contributed by atoms with van der Waals surface area (Å²) in [6.45, 7) is 3.08. The highest BCUT2D eigenvalue weighted by Gasteiger charge is 2.20. The van der Waals surface area contributed by atoms with Crippen molar-refractivity contribution < 1.29 is 4.42 Å². The second-order valence-corrected chi connectivity index (χ2v) is 6.26. The summed E-state index contributed by atoms with van der Waals surface area (Å²) in [6.07, 6.45) is 2.77. The molecule has 0 aliphatic heterocycles. The molecule has 1 unspecified atom stereocenters. The van der Waals surface area contributed by atoms with Crippen LogP contribution in [-0.4, -0.2) is 6.54 Å². The van der Waals surface area contributed by atoms with Gasteiger partial charge in [0.1, 0.15) is 11.8 Å². The van der Waals surface area contributed by atoms with E-state index in [1.165, 1.54) is 4.88 Å². The zero-order valence-corrected chi connectivity index (χ0v) is 12.5. The molecule has 0 saturated heterocycles. The molecule has 92 valence electrons. The van der Waals surface area contributed by atoms with Gasteiger partial charge in [0.2, 0.25) is 0 Å². The monoisotopic (exact) mass is 333 g/mol. The molecule has 0 saturated carbocycles. The fraction of sp³-hybridized carbons (Fsp3) is 0.333. The minimum Gasteiger partial charge on any atom is -0.466 e. The molecule has 0 radical (unpaired) electrons. The van der Waals surface area contributed by atoms with Crippen molar-refractivity contribution in [1.82, 2.24) is 5.32 Å². The number of nitrogens with one attached hydrogen (secondary N) is 1. The van der Waals surface area contributed by atoms with Gasteiger partial charge in [0.25, 0.3) is 0 Å². The van der Waals surface area contributed by atoms with Gasteiger partial charge in [0.15, 0.2) is 0 Å². The highest BCUT2D eigenvalue weighted by atomic mass is 79.9. The molecule has 0 aromatic carbocycles. The lowest BCUT2D eigenvalue weighted by Crippen LogP contribution is -2.22. The van der Waals surface area contributed by atoms with Crippen LogP contribution in [0.5, 0.6) is 0 Å². The predicted molar refractivity (Wildman–Crippen MR) is 75.9 cm³/mol. The van der Waals surface area contributed by atoms with E-state index in [2.05, 4.69) is 28.2 Å². The van der Waals surface area contributed by atoms with E-state index in [0.717, 1.165) is 27.5 Å². The minimum absolute atomic E-state index is 0.0665. The largest absolute Gasteiger partial charge is 0.466 e. The zero-order chi connectivity index (χ0) is 12.3. The summed E-state index contributed by atoms with van der Waals surface area (Å²) in [5.41, 5.74) is 0. The van der Waals surface area contributed by atoms with E-state index in [-0.39, 0.29) is 6.04 Å². The number of thiophene rings is 1. The Kier molecular flexibility index (Phi) is 4.68. The lowest BCUT2D eigenvalue weighted by Gasteiger charge is -2.15. The van der Waals surface area contributed by atoms with Gasteiger partial charge >= 0.3 is 0 Å². The molecule has 0 spiro atoms. The smallest absolute Gasteiger partial charge is 0.140 e. The maximum absolute atomic E-state index is 5.99. The normalized spacial score (nSPS) is 12.9. The molecule has 2 rings (SSSR count). The Balaban J connectivity index is 2.28. The second kappa shape index (κ2) is 6.05. The summed E-state index contributed by atoms with van der Waals surface area (Å²) < 4.78 is 7.32. The van der Waals surface area contributed by atoms with Crippen LogP contribution < -0.4 is 5.32 Å². The van der Waals surface area contributed by atoms with Crippen LogP contribution in [0.3, 0.4) is 0 Å². The van der Waals surface area contributed by atoms with E-state index in [0.29, 0.717) is 0 Å². The standard InChI is InChI=1S/C12H13BrClNOS/c1-2-6-15-11(9-3-4-10(14)17-9)12-8(13)5-7-16-12/h3-5,7,11,15H,2,6H2,1H3. The third kappa shape index (κ3) is 3.13. The van der Waals surface area contributed by atoms with Crippen molar-refractivity contribution >= 4 is 38.9 Å². The maximum atomic E-state index is 5.99. The molecule has 2 aromatic heterocycles. The van der Waals surface area contributed by atoms with Gasteiger partial charge in [-0.25, -0.2) is 0 Å². The van der Waals surface area contributed by atoms with E-state index in [1.807, 2.05) is 18.2 Å². The molecule has 1 N–H and O–H groups in total. The van der Waals surface area contributed by atoms with Gasteiger partial charge in [-0.15, -0.1) is 11.3 Å². The average Bonchev–Trinajstić information content (AvgIpc) is 2.90. The Hall–Kier alpha value is -0.290. The molecule has 0 amide bonds. The van der Waals surface area contributed by atoms with E-state index < -0.39 is 0 Å². The van der Waals surface area contributed by atoms with Crippen LogP contribution in [0.2, 0.25) is 4.34 Å². The quantitative estimate of drug-likeness (QED) is 0.846. The highest BCUT2D eigenvalue weighted by Crippen LogP contribution is 2.34. The van der Waals surface area contributed by atoms with Crippen molar-refractivity contribution in [2.24, 2.45) is 0 Å². The van der Waals surface area contributed by atoms with Crippen LogP contribution in [0.15, 0.2) is 33.4 Å². The summed E-state index contributed by atoms with van der Waals surface area (Å²) in [7, 11) is 0. The number of rotatable bonds is 5. The lowest BCUT2D eigenvalue weighted by molar-refractivity contribution is 0.447. The highest BCUT2D eigenvalue weighted by molar-refractivity contribution is 9.10. The fourth-order valence-electron chi connectivity index (χ4n) is 1.61. The van der Waals surface area contributed by atoms with Crippen molar-refractivity contribution in [3.8, 4) is 0 Å². The first-order chi connectivity index (χ1) is 8.22. The molecular weight excluding hydrogens is 322 g/mol. The molecular formula is C12H13BrClNOS. The number of halogens is 2. The van der Waals surface area contributed by atoms with Crippen LogP contribution in [-0.2, 0) is 0 Å². The Morgan fingerprint density at radius 2 is 2.29 bits per heavy atom. The first-order valence-electron chi connectivity index (χ1n) is 5.44. The summed E-state index contributed by atoms with van der Waals surface area (Å²) in [5.74, 6) is 0.900. The number of furan rings is 1. The van der Waals surface area contributed by atoms with Gasteiger partial charge < -0.3 is 9.73 Å². The van der Waals surface area contributed by atoms with E-state index in [4.69, 9.17) is 16.0 Å². The Morgan fingerprint density at radius 1 is 1.47 bits per heavy atom. The summed E-state index contributed by atoms with van der Waals surface area (Å²) in [4.78, 5) is 1.17. The van der Waals surface area contributed by atoms with E-state index >= 15 is 0 Å². The fourth-order valence-corrected chi connectivity index (χ4v) is 3.17. The summed E-state index contributed by atoms with van der Waals surface area (Å²) >= 11 is 11.1. The maximum Gasteiger partial charge on any atom is 0.140 e. The Morgan fingerprint density at radius 3 is 2.82 bits per heavy atom. The van der Waals surface area contributed by atoms with Gasteiger partial charge in [0.05, 0.1) is 15.1 Å². The van der Waals surface area contributed by atoms with Gasteiger partial charge in [0, 0.05) is 4.88 Å². The third-order valence-electron chi connectivity index (χ3n) is 2.38. The van der Waals surface area contributed by atoms with Crippen molar-refractivity contribution in [3.05, 3.63) is 43.9 Å². The predicted octanol–water partition coefficient (Wildman–Crippen LogP) is 4.85. The third-order valence-corrected chi connectivity index (χ3v) is 4.34. The lowest BCUT2D eigenvalue weighted by atomic mass is 10.2. The van der Waals surface area contributed by atoms with E-state index in [9.17, 15) is 0 Å². The molecule has 0 aliphatic rings. The van der Waals surface area contributed by atoms with Crippen LogP contribution in [0.25, 0.3) is 0 Å². The molecule has 0 fully saturated rings. The molecule has 17 heavy (non-hydrogen) atoms. The van der Waals surface area contributed by atoms with Gasteiger partial charge in [-0.3, -0.25) is 0 Å². The number of hydrogen-bond acceptors (Lipinski definition) is 3. The van der Waals surface area contributed by atoms with Crippen molar-refractivity contribution in [3.63, 3.8) is 0 Å². The Labute approximate surface area is 118 Å². The molecule has 2 heterocycles. The molecule has 0 aliphatic carbocycles. The average molecular weight is 335 g/mol. The SMILES string of the molecule is CCCNC(c1ccc(Cl)s1)c1occc1Br. The number of hydrogen-bond donors (Lipinski definition) is 1. The van der Waals surface area contributed by atoms with Crippen molar-refractivity contribution in [1.29, 1.82) is 0 Å². The van der Waals surface area contributed by atoms with Gasteiger partial charge in [-0.1, -0.05) is 18.5 Å². The first kappa shape index (κ1) is 13.1. The van der Waals surface area contributed by atoms with Crippen molar-refractivity contribution in [2.45, 2.75) is 19.4 Å². The molecule has 2 nitrogen and oxygen atoms in total. The van der Waals surface area contributed by atoms with Crippen LogP contribution >= 0.6 is 38.9 Å².